The first-order chi connectivity index (χ1) is 11.6. The number of aromatic nitrogens is 1. The summed E-state index contributed by atoms with van der Waals surface area (Å²) in [4.78, 5) is 15.7. The molecule has 3 aromatic rings. The molecule has 122 valence electrons. The number of amides is 1. The molecule has 0 radical (unpaired) electrons. The molecule has 0 saturated heterocycles. The van der Waals surface area contributed by atoms with Crippen LogP contribution in [0.25, 0.3) is 10.9 Å². The summed E-state index contributed by atoms with van der Waals surface area (Å²) in [5, 5.41) is 5.14. The fourth-order valence-corrected chi connectivity index (χ4v) is 2.98. The minimum absolute atomic E-state index is 0.233. The van der Waals surface area contributed by atoms with Gasteiger partial charge < -0.3 is 4.98 Å². The maximum atomic E-state index is 12.5. The maximum Gasteiger partial charge on any atom is 0.288 e. The molecule has 1 amide bonds. The average molecular weight is 384 g/mol. The van der Waals surface area contributed by atoms with Crippen molar-refractivity contribution in [2.24, 2.45) is 5.10 Å². The van der Waals surface area contributed by atoms with Crippen LogP contribution in [0, 0.1) is 0 Å². The van der Waals surface area contributed by atoms with E-state index in [2.05, 4.69) is 45.3 Å². The number of hydrogen-bond acceptors (Lipinski definition) is 2. The Bertz CT molecular complexity index is 895. The van der Waals surface area contributed by atoms with E-state index in [0.717, 1.165) is 26.5 Å². The third-order valence-corrected chi connectivity index (χ3v) is 4.33. The summed E-state index contributed by atoms with van der Waals surface area (Å²) in [6.45, 7) is 4.16. The molecular formula is C19H18BrN3O. The lowest BCUT2D eigenvalue weighted by atomic mass is 9.99. The van der Waals surface area contributed by atoms with Gasteiger partial charge in [0.2, 0.25) is 0 Å². The number of fused-ring (bicyclic) bond motifs is 1. The highest BCUT2D eigenvalue weighted by Gasteiger charge is 2.19. The summed E-state index contributed by atoms with van der Waals surface area (Å²) >= 11 is 3.39. The Hall–Kier alpha value is -2.40. The number of rotatable bonds is 4. The van der Waals surface area contributed by atoms with Crippen LogP contribution in [-0.4, -0.2) is 17.1 Å². The molecule has 5 heteroatoms. The van der Waals surface area contributed by atoms with E-state index in [-0.39, 0.29) is 11.8 Å². The van der Waals surface area contributed by atoms with Gasteiger partial charge in [-0.2, -0.15) is 5.10 Å². The van der Waals surface area contributed by atoms with Gasteiger partial charge in [-0.1, -0.05) is 60.1 Å². The standard InChI is InChI=1S/C19H18BrN3O/c1-12(2)17-15-5-3-4-6-16(15)22-18(17)19(24)23-21-11-13-7-9-14(20)10-8-13/h3-12,22H,1-2H3,(H,23,24)/b21-11-. The Morgan fingerprint density at radius 2 is 1.88 bits per heavy atom. The summed E-state index contributed by atoms with van der Waals surface area (Å²) in [5.74, 6) is 0.000569. The molecule has 2 aromatic carbocycles. The maximum absolute atomic E-state index is 12.5. The van der Waals surface area contributed by atoms with E-state index < -0.39 is 0 Å². The first-order valence-corrected chi connectivity index (χ1v) is 8.55. The van der Waals surface area contributed by atoms with Crippen LogP contribution in [0.2, 0.25) is 0 Å². The highest BCUT2D eigenvalue weighted by Crippen LogP contribution is 2.28. The van der Waals surface area contributed by atoms with E-state index in [1.165, 1.54) is 0 Å². The van der Waals surface area contributed by atoms with Crippen LogP contribution in [0.3, 0.4) is 0 Å². The Labute approximate surface area is 149 Å². The van der Waals surface area contributed by atoms with Crippen molar-refractivity contribution in [1.82, 2.24) is 10.4 Å². The van der Waals surface area contributed by atoms with Crippen LogP contribution in [0.1, 0.15) is 41.4 Å². The zero-order valence-corrected chi connectivity index (χ0v) is 15.1. The lowest BCUT2D eigenvalue weighted by molar-refractivity contribution is 0.0949. The number of nitrogens with zero attached hydrogens (tertiary/aromatic N) is 1. The van der Waals surface area contributed by atoms with Crippen LogP contribution in [0.5, 0.6) is 0 Å². The minimum atomic E-state index is -0.233. The topological polar surface area (TPSA) is 57.2 Å². The number of halogens is 1. The van der Waals surface area contributed by atoms with Crippen molar-refractivity contribution < 1.29 is 4.79 Å². The molecule has 0 aliphatic heterocycles. The highest BCUT2D eigenvalue weighted by molar-refractivity contribution is 9.10. The fraction of sp³-hybridized carbons (Fsp3) is 0.158. The van der Waals surface area contributed by atoms with Gasteiger partial charge in [0.05, 0.1) is 6.21 Å². The lowest BCUT2D eigenvalue weighted by Gasteiger charge is -2.07. The molecule has 0 aliphatic rings. The Balaban J connectivity index is 1.83. The molecule has 0 unspecified atom stereocenters. The predicted molar refractivity (Wildman–Crippen MR) is 102 cm³/mol. The molecule has 0 spiro atoms. The Kier molecular flexibility index (Phi) is 4.81. The van der Waals surface area contributed by atoms with Gasteiger partial charge in [-0.15, -0.1) is 0 Å². The van der Waals surface area contributed by atoms with Crippen molar-refractivity contribution in [3.05, 3.63) is 69.8 Å². The van der Waals surface area contributed by atoms with Crippen LogP contribution in [0.15, 0.2) is 58.1 Å². The van der Waals surface area contributed by atoms with Gasteiger partial charge in [0.1, 0.15) is 5.69 Å². The number of nitrogens with one attached hydrogen (secondary N) is 2. The fourth-order valence-electron chi connectivity index (χ4n) is 2.71. The van der Waals surface area contributed by atoms with Crippen molar-refractivity contribution in [2.45, 2.75) is 19.8 Å². The van der Waals surface area contributed by atoms with E-state index in [0.29, 0.717) is 5.69 Å². The molecule has 0 atom stereocenters. The van der Waals surface area contributed by atoms with Crippen molar-refractivity contribution in [3.63, 3.8) is 0 Å². The zero-order valence-electron chi connectivity index (χ0n) is 13.5. The van der Waals surface area contributed by atoms with E-state index in [1.807, 2.05) is 48.5 Å². The van der Waals surface area contributed by atoms with Crippen molar-refractivity contribution in [3.8, 4) is 0 Å². The molecule has 3 rings (SSSR count). The van der Waals surface area contributed by atoms with Crippen molar-refractivity contribution in [2.75, 3.05) is 0 Å². The number of carbonyl (C=O) groups is 1. The average Bonchev–Trinajstić information content (AvgIpc) is 2.96. The van der Waals surface area contributed by atoms with Crippen LogP contribution in [0.4, 0.5) is 0 Å². The van der Waals surface area contributed by atoms with Crippen LogP contribution in [-0.2, 0) is 0 Å². The lowest BCUT2D eigenvalue weighted by Crippen LogP contribution is -2.19. The smallest absolute Gasteiger partial charge is 0.288 e. The summed E-state index contributed by atoms with van der Waals surface area (Å²) in [6.07, 6.45) is 1.63. The predicted octanol–water partition coefficient (Wildman–Crippen LogP) is 4.82. The largest absolute Gasteiger partial charge is 0.350 e. The summed E-state index contributed by atoms with van der Waals surface area (Å²) < 4.78 is 1.00. The number of hydrazone groups is 1. The monoisotopic (exact) mass is 383 g/mol. The molecule has 2 N–H and O–H groups in total. The third kappa shape index (κ3) is 3.41. The third-order valence-electron chi connectivity index (χ3n) is 3.80. The quantitative estimate of drug-likeness (QED) is 0.492. The molecule has 0 bridgehead atoms. The van der Waals surface area contributed by atoms with Gasteiger partial charge in [0, 0.05) is 15.4 Å². The molecule has 0 saturated carbocycles. The van der Waals surface area contributed by atoms with Crippen molar-refractivity contribution in [1.29, 1.82) is 0 Å². The van der Waals surface area contributed by atoms with Crippen LogP contribution >= 0.6 is 15.9 Å². The molecule has 4 nitrogen and oxygen atoms in total. The summed E-state index contributed by atoms with van der Waals surface area (Å²) in [7, 11) is 0. The Morgan fingerprint density at radius 3 is 2.58 bits per heavy atom. The van der Waals surface area contributed by atoms with E-state index in [4.69, 9.17) is 0 Å². The first kappa shape index (κ1) is 16.5. The van der Waals surface area contributed by atoms with Crippen LogP contribution < -0.4 is 5.43 Å². The second kappa shape index (κ2) is 7.01. The molecule has 1 aromatic heterocycles. The van der Waals surface area contributed by atoms with E-state index in [1.54, 1.807) is 6.21 Å². The molecule has 1 heterocycles. The number of carbonyl (C=O) groups excluding carboxylic acids is 1. The molecule has 24 heavy (non-hydrogen) atoms. The van der Waals surface area contributed by atoms with Gasteiger partial charge >= 0.3 is 0 Å². The second-order valence-electron chi connectivity index (χ2n) is 5.86. The number of H-pyrrole nitrogens is 1. The number of benzene rings is 2. The molecule has 0 fully saturated rings. The Morgan fingerprint density at radius 1 is 1.17 bits per heavy atom. The van der Waals surface area contributed by atoms with Gasteiger partial charge in [-0.05, 0) is 35.2 Å². The number of hydrogen-bond donors (Lipinski definition) is 2. The minimum Gasteiger partial charge on any atom is -0.350 e. The summed E-state index contributed by atoms with van der Waals surface area (Å²) in [6, 6.07) is 15.6. The van der Waals surface area contributed by atoms with E-state index in [9.17, 15) is 4.79 Å². The number of para-hydroxylation sites is 1. The zero-order chi connectivity index (χ0) is 17.1. The summed E-state index contributed by atoms with van der Waals surface area (Å²) in [5.41, 5.74) is 6.07. The van der Waals surface area contributed by atoms with Gasteiger partial charge in [-0.3, -0.25) is 4.79 Å². The van der Waals surface area contributed by atoms with E-state index >= 15 is 0 Å². The second-order valence-corrected chi connectivity index (χ2v) is 6.78. The number of aromatic amines is 1. The molecule has 0 aliphatic carbocycles. The highest BCUT2D eigenvalue weighted by atomic mass is 79.9. The van der Waals surface area contributed by atoms with Crippen molar-refractivity contribution >= 4 is 39.0 Å². The van der Waals surface area contributed by atoms with Gasteiger partial charge in [0.15, 0.2) is 0 Å². The van der Waals surface area contributed by atoms with Gasteiger partial charge in [0.25, 0.3) is 5.91 Å². The van der Waals surface area contributed by atoms with Gasteiger partial charge in [-0.25, -0.2) is 5.43 Å². The normalized spacial score (nSPS) is 11.5. The SMILES string of the molecule is CC(C)c1c(C(=O)N/N=C\c2ccc(Br)cc2)[nH]c2ccccc12. The molecular weight excluding hydrogens is 366 g/mol. The first-order valence-electron chi connectivity index (χ1n) is 7.76.